The lowest BCUT2D eigenvalue weighted by Crippen LogP contribution is -2.54. The average molecular weight is 547 g/mol. The maximum absolute atomic E-state index is 13.3. The zero-order valence-corrected chi connectivity index (χ0v) is 19.1. The summed E-state index contributed by atoms with van der Waals surface area (Å²) in [7, 11) is 0. The van der Waals surface area contributed by atoms with Crippen LogP contribution in [-0.2, 0) is 5.60 Å². The molecule has 1 N–H and O–H groups in total. The first-order chi connectivity index (χ1) is 15.7. The molecule has 2 aromatic rings. The lowest BCUT2D eigenvalue weighted by Gasteiger charge is -2.33. The Hall–Kier alpha value is -1.89. The summed E-state index contributed by atoms with van der Waals surface area (Å²) in [4.78, 5) is 30.2. The molecule has 0 aliphatic carbocycles. The molecule has 2 bridgehead atoms. The Morgan fingerprint density at radius 3 is 2.03 bits per heavy atom. The van der Waals surface area contributed by atoms with Crippen LogP contribution in [0.25, 0.3) is 10.4 Å². The predicted molar refractivity (Wildman–Crippen MR) is 111 cm³/mol. The topological polar surface area (TPSA) is 70.5 Å². The predicted octanol–water partition coefficient (Wildman–Crippen LogP) is 6.01. The minimum Gasteiger partial charge on any atom is -0.369 e. The molecule has 5 nitrogen and oxygen atoms in total. The monoisotopic (exact) mass is 546 g/mol. The average Bonchev–Trinajstić information content (AvgIpc) is 3.47. The fourth-order valence-corrected chi connectivity index (χ4v) is 6.07. The number of nitrogens with zero attached hydrogens (tertiary/aromatic N) is 2. The summed E-state index contributed by atoms with van der Waals surface area (Å²) >= 11 is 12.6. The number of fused-ring (bicyclic) bond motifs is 2. The molecule has 184 valence electrons. The van der Waals surface area contributed by atoms with Gasteiger partial charge in [-0.15, -0.1) is 11.3 Å². The molecule has 1 aromatic heterocycles. The van der Waals surface area contributed by atoms with Crippen LogP contribution >= 0.6 is 34.5 Å². The van der Waals surface area contributed by atoms with Crippen LogP contribution in [0, 0.1) is 0 Å². The number of hydrogen-bond acceptors (Lipinski definition) is 5. The Morgan fingerprint density at radius 1 is 1.03 bits per heavy atom. The number of alkyl halides is 6. The Labute approximate surface area is 202 Å². The van der Waals surface area contributed by atoms with Crippen LogP contribution in [0.1, 0.15) is 51.5 Å². The summed E-state index contributed by atoms with van der Waals surface area (Å²) in [6.07, 6.45) is -8.78. The molecule has 34 heavy (non-hydrogen) atoms. The van der Waals surface area contributed by atoms with Crippen LogP contribution in [0.4, 0.5) is 26.3 Å². The van der Waals surface area contributed by atoms with E-state index in [1.807, 2.05) is 0 Å². The Balaban J connectivity index is 1.84. The van der Waals surface area contributed by atoms with E-state index < -0.39 is 39.5 Å². The van der Waals surface area contributed by atoms with Crippen molar-refractivity contribution < 1.29 is 41.0 Å². The molecule has 3 heterocycles. The van der Waals surface area contributed by atoms with Gasteiger partial charge < -0.3 is 10.0 Å². The number of aldehydes is 1. The van der Waals surface area contributed by atoms with E-state index in [-0.39, 0.29) is 33.2 Å². The van der Waals surface area contributed by atoms with Gasteiger partial charge >= 0.3 is 12.4 Å². The third-order valence-electron chi connectivity index (χ3n) is 6.17. The van der Waals surface area contributed by atoms with Gasteiger partial charge in [-0.2, -0.15) is 26.3 Å². The van der Waals surface area contributed by atoms with Crippen molar-refractivity contribution in [3.05, 3.63) is 38.4 Å². The van der Waals surface area contributed by atoms with Crippen molar-refractivity contribution in [3.63, 3.8) is 0 Å². The van der Waals surface area contributed by atoms with Gasteiger partial charge in [-0.1, -0.05) is 35.3 Å². The first-order valence-electron chi connectivity index (χ1n) is 9.85. The van der Waals surface area contributed by atoms with Gasteiger partial charge in [-0.3, -0.25) is 9.59 Å². The van der Waals surface area contributed by atoms with Crippen LogP contribution in [-0.4, -0.2) is 51.6 Å². The molecule has 0 saturated carbocycles. The van der Waals surface area contributed by atoms with Gasteiger partial charge in [0.25, 0.3) is 11.5 Å². The Kier molecular flexibility index (Phi) is 6.19. The highest BCUT2D eigenvalue weighted by atomic mass is 35.5. The van der Waals surface area contributed by atoms with Crippen molar-refractivity contribution in [1.82, 2.24) is 9.88 Å². The Morgan fingerprint density at radius 2 is 1.56 bits per heavy atom. The molecule has 1 aromatic carbocycles. The third-order valence-corrected chi connectivity index (χ3v) is 8.07. The fraction of sp³-hybridized carbons (Fsp3) is 0.450. The van der Waals surface area contributed by atoms with Crippen LogP contribution in [0.3, 0.4) is 0 Å². The standard InChI is InChI=1S/C20H14Cl2F6N2O3S/c21-13-10(5-6-11(14(13)22)18(33,19(23,24)25)20(26,27)28)16-15(29-12(7-31)34-16)17(32)30-8-1-2-9(30)4-3-8/h5-9,33H,1-4H2. The number of amides is 1. The maximum atomic E-state index is 13.3. The molecule has 0 spiro atoms. The zero-order chi connectivity index (χ0) is 25.2. The first kappa shape index (κ1) is 25.2. The zero-order valence-electron chi connectivity index (χ0n) is 16.8. The largest absolute Gasteiger partial charge is 0.430 e. The highest BCUT2D eigenvalue weighted by Crippen LogP contribution is 2.54. The SMILES string of the molecule is O=Cc1nc(C(=O)N2C3CCC2CC3)c(-c2ccc(C(O)(C(F)(F)F)C(F)(F)F)c(Cl)c2Cl)s1. The Bertz CT molecular complexity index is 1130. The molecule has 2 saturated heterocycles. The fourth-order valence-electron chi connectivity index (χ4n) is 4.55. The first-order valence-corrected chi connectivity index (χ1v) is 11.4. The van der Waals surface area contributed by atoms with E-state index in [0.717, 1.165) is 31.7 Å². The van der Waals surface area contributed by atoms with Gasteiger partial charge in [0.1, 0.15) is 5.69 Å². The van der Waals surface area contributed by atoms with Crippen LogP contribution < -0.4 is 0 Å². The molecule has 0 radical (unpaired) electrons. The quantitative estimate of drug-likeness (QED) is 0.376. The second kappa shape index (κ2) is 8.35. The summed E-state index contributed by atoms with van der Waals surface area (Å²) in [6.45, 7) is 0. The van der Waals surface area contributed by atoms with E-state index in [0.29, 0.717) is 23.7 Å². The molecule has 0 unspecified atom stereocenters. The smallest absolute Gasteiger partial charge is 0.369 e. The molecule has 0 atom stereocenters. The van der Waals surface area contributed by atoms with Gasteiger partial charge in [0.2, 0.25) is 0 Å². The van der Waals surface area contributed by atoms with Gasteiger partial charge in [0.15, 0.2) is 11.3 Å². The number of thiazole rings is 1. The highest BCUT2D eigenvalue weighted by molar-refractivity contribution is 7.17. The molecule has 2 aliphatic rings. The molecule has 14 heteroatoms. The third kappa shape index (κ3) is 3.69. The number of carbonyl (C=O) groups excluding carboxylic acids is 2. The van der Waals surface area contributed by atoms with Gasteiger partial charge in [-0.05, 0) is 25.7 Å². The van der Waals surface area contributed by atoms with Crippen molar-refractivity contribution in [2.24, 2.45) is 0 Å². The van der Waals surface area contributed by atoms with Crippen molar-refractivity contribution in [1.29, 1.82) is 0 Å². The summed E-state index contributed by atoms with van der Waals surface area (Å²) in [5.41, 5.74) is -7.39. The van der Waals surface area contributed by atoms with E-state index in [2.05, 4.69) is 4.98 Å². The molecule has 4 rings (SSSR count). The summed E-state index contributed by atoms with van der Waals surface area (Å²) in [5.74, 6) is -0.511. The van der Waals surface area contributed by atoms with Gasteiger partial charge in [0.05, 0.1) is 14.9 Å². The summed E-state index contributed by atoms with van der Waals surface area (Å²) < 4.78 is 79.9. The molecule has 1 amide bonds. The van der Waals surface area contributed by atoms with Crippen molar-refractivity contribution in [2.45, 2.75) is 55.7 Å². The van der Waals surface area contributed by atoms with Crippen LogP contribution in [0.5, 0.6) is 0 Å². The maximum Gasteiger partial charge on any atom is 0.430 e. The number of aliphatic hydroxyl groups is 1. The second-order valence-electron chi connectivity index (χ2n) is 8.02. The summed E-state index contributed by atoms with van der Waals surface area (Å²) in [5, 5.41) is 7.61. The van der Waals surface area contributed by atoms with E-state index in [1.165, 1.54) is 0 Å². The number of rotatable bonds is 4. The van der Waals surface area contributed by atoms with E-state index in [4.69, 9.17) is 23.2 Å². The van der Waals surface area contributed by atoms with Crippen molar-refractivity contribution >= 4 is 46.7 Å². The van der Waals surface area contributed by atoms with Crippen molar-refractivity contribution in [3.8, 4) is 10.4 Å². The second-order valence-corrected chi connectivity index (χ2v) is 9.80. The molecule has 2 aliphatic heterocycles. The number of carbonyl (C=O) groups is 2. The number of hydrogen-bond donors (Lipinski definition) is 1. The number of halogens is 8. The lowest BCUT2D eigenvalue weighted by molar-refractivity contribution is -0.376. The minimum atomic E-state index is -6.16. The van der Waals surface area contributed by atoms with Crippen molar-refractivity contribution in [2.75, 3.05) is 0 Å². The highest BCUT2D eigenvalue weighted by Gasteiger charge is 2.72. The van der Waals surface area contributed by atoms with E-state index in [1.54, 1.807) is 4.90 Å². The minimum absolute atomic E-state index is 0.0123. The number of benzene rings is 1. The van der Waals surface area contributed by atoms with E-state index in [9.17, 15) is 41.0 Å². The molecular formula is C20H14Cl2F6N2O3S. The normalized spacial score (nSPS) is 20.8. The lowest BCUT2D eigenvalue weighted by atomic mass is 9.91. The van der Waals surface area contributed by atoms with Gasteiger partial charge in [-0.25, -0.2) is 4.98 Å². The number of aromatic nitrogens is 1. The molecular weight excluding hydrogens is 533 g/mol. The van der Waals surface area contributed by atoms with Crippen LogP contribution in [0.2, 0.25) is 10.0 Å². The molecule has 2 fully saturated rings. The summed E-state index contributed by atoms with van der Waals surface area (Å²) in [6, 6.07) is 1.10. The van der Waals surface area contributed by atoms with E-state index >= 15 is 0 Å². The van der Waals surface area contributed by atoms with Gasteiger partial charge in [0, 0.05) is 23.2 Å². The van der Waals surface area contributed by atoms with Crippen LogP contribution in [0.15, 0.2) is 12.1 Å².